The third kappa shape index (κ3) is 3.89. The largest absolute Gasteiger partial charge is 0.306 e. The van der Waals surface area contributed by atoms with Gasteiger partial charge in [-0.1, -0.05) is 59.9 Å². The van der Waals surface area contributed by atoms with Gasteiger partial charge in [-0.05, 0) is 42.3 Å². The van der Waals surface area contributed by atoms with E-state index >= 15 is 0 Å². The third-order valence-corrected chi connectivity index (χ3v) is 4.31. The van der Waals surface area contributed by atoms with Crippen molar-refractivity contribution in [2.45, 2.75) is 19.4 Å². The van der Waals surface area contributed by atoms with Gasteiger partial charge in [-0.2, -0.15) is 0 Å². The zero-order chi connectivity index (χ0) is 15.4. The molecule has 0 aliphatic heterocycles. The highest BCUT2D eigenvalue weighted by Gasteiger charge is 2.19. The molecule has 2 aromatic carbocycles. The van der Waals surface area contributed by atoms with Crippen LogP contribution in [0.2, 0.25) is 15.1 Å². The van der Waals surface area contributed by atoms with Crippen LogP contribution >= 0.6 is 34.8 Å². The molecular formula is C16H15Cl3FN. The molecule has 0 fully saturated rings. The summed E-state index contributed by atoms with van der Waals surface area (Å²) in [6, 6.07) is 9.97. The zero-order valence-electron chi connectivity index (χ0n) is 11.5. The minimum Gasteiger partial charge on any atom is -0.306 e. The van der Waals surface area contributed by atoms with Gasteiger partial charge in [0.05, 0.1) is 21.1 Å². The monoisotopic (exact) mass is 345 g/mol. The Morgan fingerprint density at radius 1 is 1.10 bits per heavy atom. The van der Waals surface area contributed by atoms with Crippen molar-refractivity contribution < 1.29 is 4.39 Å². The molecule has 112 valence electrons. The number of rotatable bonds is 5. The van der Waals surface area contributed by atoms with Gasteiger partial charge in [-0.25, -0.2) is 4.39 Å². The standard InChI is InChI=1S/C16H15Cl3FN/c1-2-8-21-16(10-6-7-12(17)14(20)9-10)11-4-3-5-13(18)15(11)19/h3-7,9,16,21H,2,8H2,1H3. The van der Waals surface area contributed by atoms with Gasteiger partial charge in [0, 0.05) is 0 Å². The number of benzene rings is 2. The summed E-state index contributed by atoms with van der Waals surface area (Å²) in [5.74, 6) is -0.449. The van der Waals surface area contributed by atoms with E-state index in [-0.39, 0.29) is 11.1 Å². The number of hydrogen-bond acceptors (Lipinski definition) is 1. The van der Waals surface area contributed by atoms with Crippen molar-refractivity contribution in [3.05, 3.63) is 68.4 Å². The summed E-state index contributed by atoms with van der Waals surface area (Å²) >= 11 is 18.1. The second-order valence-electron chi connectivity index (χ2n) is 4.70. The van der Waals surface area contributed by atoms with Crippen molar-refractivity contribution in [3.63, 3.8) is 0 Å². The fourth-order valence-electron chi connectivity index (χ4n) is 2.13. The first-order chi connectivity index (χ1) is 10.0. The van der Waals surface area contributed by atoms with E-state index in [1.807, 2.05) is 12.1 Å². The van der Waals surface area contributed by atoms with Gasteiger partial charge in [-0.3, -0.25) is 0 Å². The van der Waals surface area contributed by atoms with Gasteiger partial charge >= 0.3 is 0 Å². The number of halogens is 4. The molecule has 21 heavy (non-hydrogen) atoms. The molecule has 1 nitrogen and oxygen atoms in total. The van der Waals surface area contributed by atoms with Crippen molar-refractivity contribution in [1.82, 2.24) is 5.32 Å². The minimum atomic E-state index is -0.449. The van der Waals surface area contributed by atoms with Gasteiger partial charge in [-0.15, -0.1) is 0 Å². The van der Waals surface area contributed by atoms with E-state index in [4.69, 9.17) is 34.8 Å². The molecule has 2 rings (SSSR count). The first kappa shape index (κ1) is 16.6. The molecule has 5 heteroatoms. The molecule has 0 aliphatic rings. The van der Waals surface area contributed by atoms with E-state index in [0.29, 0.717) is 10.0 Å². The fourth-order valence-corrected chi connectivity index (χ4v) is 2.67. The lowest BCUT2D eigenvalue weighted by Crippen LogP contribution is -2.23. The summed E-state index contributed by atoms with van der Waals surface area (Å²) in [6.07, 6.45) is 0.949. The maximum absolute atomic E-state index is 13.7. The van der Waals surface area contributed by atoms with E-state index < -0.39 is 5.82 Å². The van der Waals surface area contributed by atoms with Crippen LogP contribution in [0.5, 0.6) is 0 Å². The van der Waals surface area contributed by atoms with Gasteiger partial charge < -0.3 is 5.32 Å². The van der Waals surface area contributed by atoms with Crippen molar-refractivity contribution in [3.8, 4) is 0 Å². The van der Waals surface area contributed by atoms with E-state index in [0.717, 1.165) is 24.1 Å². The van der Waals surface area contributed by atoms with E-state index in [1.54, 1.807) is 18.2 Å². The van der Waals surface area contributed by atoms with Crippen LogP contribution in [0.15, 0.2) is 36.4 Å². The highest BCUT2D eigenvalue weighted by atomic mass is 35.5. The predicted octanol–water partition coefficient (Wildman–Crippen LogP) is 5.87. The SMILES string of the molecule is CCCNC(c1ccc(Cl)c(F)c1)c1cccc(Cl)c1Cl. The minimum absolute atomic E-state index is 0.102. The Kier molecular flexibility index (Phi) is 5.88. The second kappa shape index (κ2) is 7.46. The van der Waals surface area contributed by atoms with Crippen molar-refractivity contribution in [2.24, 2.45) is 0 Å². The molecule has 0 radical (unpaired) electrons. The lowest BCUT2D eigenvalue weighted by Gasteiger charge is -2.21. The molecule has 0 amide bonds. The molecule has 0 spiro atoms. The van der Waals surface area contributed by atoms with Crippen LogP contribution in [0.25, 0.3) is 0 Å². The average Bonchev–Trinajstić information content (AvgIpc) is 2.47. The molecule has 1 unspecified atom stereocenters. The van der Waals surface area contributed by atoms with Gasteiger partial charge in [0.2, 0.25) is 0 Å². The third-order valence-electron chi connectivity index (χ3n) is 3.17. The highest BCUT2D eigenvalue weighted by molar-refractivity contribution is 6.42. The summed E-state index contributed by atoms with van der Waals surface area (Å²) < 4.78 is 13.7. The Hall–Kier alpha value is -0.800. The molecule has 0 heterocycles. The highest BCUT2D eigenvalue weighted by Crippen LogP contribution is 2.34. The van der Waals surface area contributed by atoms with E-state index in [9.17, 15) is 4.39 Å². The quantitative estimate of drug-likeness (QED) is 0.713. The van der Waals surface area contributed by atoms with Crippen LogP contribution in [-0.2, 0) is 0 Å². The molecule has 0 aromatic heterocycles. The number of nitrogens with one attached hydrogen (secondary N) is 1. The molecule has 1 N–H and O–H groups in total. The van der Waals surface area contributed by atoms with Crippen LogP contribution in [0.4, 0.5) is 4.39 Å². The molecule has 2 aromatic rings. The first-order valence-corrected chi connectivity index (χ1v) is 7.80. The Balaban J connectivity index is 2.47. The van der Waals surface area contributed by atoms with Crippen molar-refractivity contribution >= 4 is 34.8 Å². The van der Waals surface area contributed by atoms with Crippen molar-refractivity contribution in [2.75, 3.05) is 6.54 Å². The van der Waals surface area contributed by atoms with E-state index in [1.165, 1.54) is 6.07 Å². The molecule has 0 saturated heterocycles. The Morgan fingerprint density at radius 3 is 2.52 bits per heavy atom. The van der Waals surface area contributed by atoms with Gasteiger partial charge in [0.25, 0.3) is 0 Å². The molecular weight excluding hydrogens is 332 g/mol. The molecule has 1 atom stereocenters. The van der Waals surface area contributed by atoms with Crippen LogP contribution < -0.4 is 5.32 Å². The smallest absolute Gasteiger partial charge is 0.142 e. The Labute approximate surface area is 139 Å². The lowest BCUT2D eigenvalue weighted by molar-refractivity contribution is 0.586. The van der Waals surface area contributed by atoms with E-state index in [2.05, 4.69) is 12.2 Å². The molecule has 0 saturated carbocycles. The Morgan fingerprint density at radius 2 is 1.86 bits per heavy atom. The van der Waals surface area contributed by atoms with Crippen LogP contribution in [0.3, 0.4) is 0 Å². The summed E-state index contributed by atoms with van der Waals surface area (Å²) in [5, 5.41) is 4.42. The summed E-state index contributed by atoms with van der Waals surface area (Å²) in [7, 11) is 0. The van der Waals surface area contributed by atoms with Crippen LogP contribution in [0.1, 0.15) is 30.5 Å². The first-order valence-electron chi connectivity index (χ1n) is 6.66. The fraction of sp³-hybridized carbons (Fsp3) is 0.250. The summed E-state index contributed by atoms with van der Waals surface area (Å²) in [6.45, 7) is 2.84. The summed E-state index contributed by atoms with van der Waals surface area (Å²) in [4.78, 5) is 0. The van der Waals surface area contributed by atoms with Gasteiger partial charge in [0.15, 0.2) is 0 Å². The maximum atomic E-state index is 13.7. The average molecular weight is 347 g/mol. The normalized spacial score (nSPS) is 12.4. The predicted molar refractivity (Wildman–Crippen MR) is 88.0 cm³/mol. The summed E-state index contributed by atoms with van der Waals surface area (Å²) in [5.41, 5.74) is 1.58. The topological polar surface area (TPSA) is 12.0 Å². The van der Waals surface area contributed by atoms with Crippen LogP contribution in [-0.4, -0.2) is 6.54 Å². The maximum Gasteiger partial charge on any atom is 0.142 e. The number of hydrogen-bond donors (Lipinski definition) is 1. The molecule has 0 aliphatic carbocycles. The molecule has 0 bridgehead atoms. The van der Waals surface area contributed by atoms with Crippen LogP contribution in [0, 0.1) is 5.82 Å². The Bertz CT molecular complexity index is 631. The van der Waals surface area contributed by atoms with Crippen molar-refractivity contribution in [1.29, 1.82) is 0 Å². The zero-order valence-corrected chi connectivity index (χ0v) is 13.7. The second-order valence-corrected chi connectivity index (χ2v) is 5.90. The van der Waals surface area contributed by atoms with Gasteiger partial charge in [0.1, 0.15) is 5.82 Å². The lowest BCUT2D eigenvalue weighted by atomic mass is 9.98.